The molecule has 2 fully saturated rings. The van der Waals surface area contributed by atoms with Crippen LogP contribution >= 0.6 is 0 Å². The zero-order chi connectivity index (χ0) is 22.4. The van der Waals surface area contributed by atoms with Gasteiger partial charge in [0, 0.05) is 20.1 Å². The van der Waals surface area contributed by atoms with Crippen molar-refractivity contribution >= 4 is 5.96 Å². The number of aliphatic imine (C=N–C) groups is 1. The smallest absolute Gasteiger partial charge is 0.367 e. The van der Waals surface area contributed by atoms with Gasteiger partial charge < -0.3 is 15.0 Å². The molecule has 31 heavy (non-hydrogen) atoms. The van der Waals surface area contributed by atoms with E-state index in [1.165, 1.54) is 17.0 Å². The molecule has 5 nitrogen and oxygen atoms in total. The van der Waals surface area contributed by atoms with Crippen LogP contribution in [0.4, 0.5) is 17.6 Å². The monoisotopic (exact) mass is 444 g/mol. The molecule has 0 amide bonds. The highest BCUT2D eigenvalue weighted by atomic mass is 19.4. The van der Waals surface area contributed by atoms with Crippen molar-refractivity contribution in [1.29, 1.82) is 0 Å². The van der Waals surface area contributed by atoms with Crippen LogP contribution in [0.1, 0.15) is 37.9 Å². The Morgan fingerprint density at radius 2 is 1.84 bits per heavy atom. The van der Waals surface area contributed by atoms with Gasteiger partial charge in [0.1, 0.15) is 11.9 Å². The molecular weight excluding hydrogens is 412 g/mol. The number of piperidine rings is 1. The van der Waals surface area contributed by atoms with Gasteiger partial charge in [-0.3, -0.25) is 9.89 Å². The first-order valence-corrected chi connectivity index (χ1v) is 10.9. The number of ether oxygens (including phenoxy) is 1. The first-order chi connectivity index (χ1) is 14.7. The largest absolute Gasteiger partial charge is 0.401 e. The second kappa shape index (κ2) is 10.6. The van der Waals surface area contributed by atoms with Crippen molar-refractivity contribution in [2.24, 2.45) is 10.9 Å². The first kappa shape index (κ1) is 23.8. The molecule has 1 aromatic rings. The Hall–Kier alpha value is -1.87. The highest BCUT2D eigenvalue weighted by Crippen LogP contribution is 2.26. The van der Waals surface area contributed by atoms with E-state index in [-0.39, 0.29) is 18.0 Å². The molecule has 1 aromatic carbocycles. The third kappa shape index (κ3) is 7.35. The predicted octanol–water partition coefficient (Wildman–Crippen LogP) is 3.83. The average Bonchev–Trinajstić information content (AvgIpc) is 2.71. The van der Waals surface area contributed by atoms with Gasteiger partial charge in [0.05, 0.1) is 19.2 Å². The Morgan fingerprint density at radius 3 is 2.45 bits per heavy atom. The SMILES string of the molecule is CN=C(NCCC1CCN(CC(F)(F)F)CC1)N1CC(C)OC(c2ccc(F)cc2)C1. The van der Waals surface area contributed by atoms with Gasteiger partial charge in [0.25, 0.3) is 0 Å². The van der Waals surface area contributed by atoms with E-state index in [4.69, 9.17) is 4.74 Å². The number of halogens is 4. The number of rotatable bonds is 5. The van der Waals surface area contributed by atoms with Crippen LogP contribution in [-0.4, -0.2) is 74.4 Å². The third-order valence-electron chi connectivity index (χ3n) is 5.96. The molecule has 2 aliphatic heterocycles. The predicted molar refractivity (Wildman–Crippen MR) is 112 cm³/mol. The summed E-state index contributed by atoms with van der Waals surface area (Å²) < 4.78 is 56.9. The molecule has 9 heteroatoms. The van der Waals surface area contributed by atoms with Crippen molar-refractivity contribution in [2.45, 2.75) is 44.6 Å². The second-order valence-electron chi connectivity index (χ2n) is 8.49. The van der Waals surface area contributed by atoms with Crippen LogP contribution < -0.4 is 5.32 Å². The van der Waals surface area contributed by atoms with Gasteiger partial charge in [-0.1, -0.05) is 12.1 Å². The molecule has 0 aromatic heterocycles. The Balaban J connectivity index is 1.46. The van der Waals surface area contributed by atoms with E-state index in [0.29, 0.717) is 32.1 Å². The quantitative estimate of drug-likeness (QED) is 0.426. The normalized spacial score (nSPS) is 24.5. The lowest BCUT2D eigenvalue weighted by molar-refractivity contribution is -0.148. The van der Waals surface area contributed by atoms with Crippen LogP contribution in [0.25, 0.3) is 0 Å². The standard InChI is InChI=1S/C22H32F4N4O/c1-16-13-30(14-20(31-16)18-3-5-19(23)6-4-18)21(27-2)28-10-7-17-8-11-29(12-9-17)15-22(24,25)26/h3-6,16-17,20H,7-15H2,1-2H3,(H,27,28). The second-order valence-corrected chi connectivity index (χ2v) is 8.49. The summed E-state index contributed by atoms with van der Waals surface area (Å²) in [4.78, 5) is 8.05. The van der Waals surface area contributed by atoms with E-state index >= 15 is 0 Å². The number of hydrogen-bond acceptors (Lipinski definition) is 3. The Morgan fingerprint density at radius 1 is 1.16 bits per heavy atom. The third-order valence-corrected chi connectivity index (χ3v) is 5.96. The topological polar surface area (TPSA) is 40.1 Å². The van der Waals surface area contributed by atoms with E-state index in [1.807, 2.05) is 6.92 Å². The van der Waals surface area contributed by atoms with Gasteiger partial charge in [-0.2, -0.15) is 13.2 Å². The molecule has 2 atom stereocenters. The van der Waals surface area contributed by atoms with Crippen molar-refractivity contribution in [3.8, 4) is 0 Å². The number of guanidine groups is 1. The summed E-state index contributed by atoms with van der Waals surface area (Å²) in [5.41, 5.74) is 0.930. The molecule has 0 bridgehead atoms. The summed E-state index contributed by atoms with van der Waals surface area (Å²) in [7, 11) is 1.74. The van der Waals surface area contributed by atoms with E-state index in [2.05, 4.69) is 15.2 Å². The Bertz CT molecular complexity index is 717. The summed E-state index contributed by atoms with van der Waals surface area (Å²) in [6.45, 7) is 4.24. The molecule has 0 aliphatic carbocycles. The number of morpholine rings is 1. The van der Waals surface area contributed by atoms with Crippen LogP contribution in [-0.2, 0) is 4.74 Å². The van der Waals surface area contributed by atoms with Crippen molar-refractivity contribution in [1.82, 2.24) is 15.1 Å². The lowest BCUT2D eigenvalue weighted by Gasteiger charge is -2.39. The number of nitrogens with one attached hydrogen (secondary N) is 1. The maximum absolute atomic E-state index is 13.2. The number of hydrogen-bond donors (Lipinski definition) is 1. The lowest BCUT2D eigenvalue weighted by atomic mass is 9.93. The zero-order valence-corrected chi connectivity index (χ0v) is 18.2. The summed E-state index contributed by atoms with van der Waals surface area (Å²) in [6, 6.07) is 6.37. The molecule has 2 aliphatic rings. The molecule has 0 radical (unpaired) electrons. The van der Waals surface area contributed by atoms with Crippen molar-refractivity contribution in [3.63, 3.8) is 0 Å². The minimum absolute atomic E-state index is 0.000290. The van der Waals surface area contributed by atoms with Crippen molar-refractivity contribution < 1.29 is 22.3 Å². The van der Waals surface area contributed by atoms with Gasteiger partial charge in [0.2, 0.25) is 0 Å². The molecule has 0 saturated carbocycles. The number of nitrogens with zero attached hydrogens (tertiary/aromatic N) is 3. The number of likely N-dealkylation sites (tertiary alicyclic amines) is 1. The minimum atomic E-state index is -4.12. The summed E-state index contributed by atoms with van der Waals surface area (Å²) in [5, 5.41) is 3.40. The maximum Gasteiger partial charge on any atom is 0.401 e. The van der Waals surface area contributed by atoms with Crippen molar-refractivity contribution in [2.75, 3.05) is 46.3 Å². The van der Waals surface area contributed by atoms with E-state index < -0.39 is 12.7 Å². The zero-order valence-electron chi connectivity index (χ0n) is 18.2. The first-order valence-electron chi connectivity index (χ1n) is 10.9. The van der Waals surface area contributed by atoms with Gasteiger partial charge in [-0.25, -0.2) is 4.39 Å². The van der Waals surface area contributed by atoms with Gasteiger partial charge >= 0.3 is 6.18 Å². The van der Waals surface area contributed by atoms with Gasteiger partial charge in [0.15, 0.2) is 5.96 Å². The molecule has 2 heterocycles. The Kier molecular flexibility index (Phi) is 8.16. The van der Waals surface area contributed by atoms with E-state index in [9.17, 15) is 17.6 Å². The molecule has 1 N–H and O–H groups in total. The Labute approximate surface area is 181 Å². The van der Waals surface area contributed by atoms with Crippen LogP contribution in [0.15, 0.2) is 29.3 Å². The number of benzene rings is 1. The molecule has 174 valence electrons. The van der Waals surface area contributed by atoms with E-state index in [1.54, 1.807) is 19.2 Å². The fourth-order valence-corrected chi connectivity index (χ4v) is 4.39. The van der Waals surface area contributed by atoms with Gasteiger partial charge in [-0.05, 0) is 62.9 Å². The summed E-state index contributed by atoms with van der Waals surface area (Å²) in [6.07, 6.45) is -1.81. The number of alkyl halides is 3. The summed E-state index contributed by atoms with van der Waals surface area (Å²) >= 11 is 0. The molecular formula is C22H32F4N4O. The fourth-order valence-electron chi connectivity index (χ4n) is 4.39. The maximum atomic E-state index is 13.2. The minimum Gasteiger partial charge on any atom is -0.367 e. The van der Waals surface area contributed by atoms with Crippen LogP contribution in [0.3, 0.4) is 0 Å². The molecule has 2 saturated heterocycles. The van der Waals surface area contributed by atoms with Crippen LogP contribution in [0.2, 0.25) is 0 Å². The van der Waals surface area contributed by atoms with E-state index in [0.717, 1.165) is 37.3 Å². The summed E-state index contributed by atoms with van der Waals surface area (Å²) in [5.74, 6) is 0.939. The van der Waals surface area contributed by atoms with Crippen molar-refractivity contribution in [3.05, 3.63) is 35.6 Å². The highest BCUT2D eigenvalue weighted by Gasteiger charge is 2.32. The average molecular weight is 445 g/mol. The van der Waals surface area contributed by atoms with Gasteiger partial charge in [-0.15, -0.1) is 0 Å². The van der Waals surface area contributed by atoms with Crippen LogP contribution in [0.5, 0.6) is 0 Å². The van der Waals surface area contributed by atoms with Crippen LogP contribution in [0, 0.1) is 11.7 Å². The molecule has 0 spiro atoms. The highest BCUT2D eigenvalue weighted by molar-refractivity contribution is 5.80. The fraction of sp³-hybridized carbons (Fsp3) is 0.682. The molecule has 3 rings (SSSR count). The lowest BCUT2D eigenvalue weighted by Crippen LogP contribution is -2.51. The molecule has 2 unspecified atom stereocenters.